The van der Waals surface area contributed by atoms with Crippen molar-refractivity contribution in [1.82, 2.24) is 4.98 Å². The lowest BCUT2D eigenvalue weighted by atomic mass is 9.80. The summed E-state index contributed by atoms with van der Waals surface area (Å²) in [5.74, 6) is 0.720. The Labute approximate surface area is 157 Å². The van der Waals surface area contributed by atoms with Gasteiger partial charge in [-0.25, -0.2) is 4.98 Å². The molecule has 1 atom stereocenters. The van der Waals surface area contributed by atoms with Crippen LogP contribution >= 0.6 is 0 Å². The number of phenolic OH excluding ortho intramolecular Hbond substituents is 2. The van der Waals surface area contributed by atoms with Crippen LogP contribution in [-0.2, 0) is 12.8 Å². The Balaban J connectivity index is 1.90. The van der Waals surface area contributed by atoms with Crippen molar-refractivity contribution in [2.45, 2.75) is 26.2 Å². The van der Waals surface area contributed by atoms with Gasteiger partial charge in [0.05, 0.1) is 11.2 Å². The Morgan fingerprint density at radius 2 is 1.81 bits per heavy atom. The molecule has 0 aliphatic heterocycles. The van der Waals surface area contributed by atoms with Crippen molar-refractivity contribution in [2.75, 3.05) is 0 Å². The molecule has 4 aromatic rings. The van der Waals surface area contributed by atoms with Crippen molar-refractivity contribution in [3.63, 3.8) is 0 Å². The van der Waals surface area contributed by atoms with Crippen LogP contribution in [-0.4, -0.2) is 15.2 Å². The number of benzene rings is 3. The molecule has 3 heteroatoms. The first-order valence-corrected chi connectivity index (χ1v) is 9.47. The van der Waals surface area contributed by atoms with E-state index in [2.05, 4.69) is 43.3 Å². The van der Waals surface area contributed by atoms with E-state index in [9.17, 15) is 10.2 Å². The number of nitrogens with zero attached hydrogens (tertiary/aromatic N) is 1. The molecule has 0 amide bonds. The third kappa shape index (κ3) is 2.54. The zero-order valence-electron chi connectivity index (χ0n) is 15.2. The van der Waals surface area contributed by atoms with E-state index in [0.29, 0.717) is 11.5 Å². The van der Waals surface area contributed by atoms with Crippen LogP contribution in [0.5, 0.6) is 11.5 Å². The summed E-state index contributed by atoms with van der Waals surface area (Å²) >= 11 is 0. The molecule has 0 saturated heterocycles. The maximum Gasteiger partial charge on any atom is 0.128 e. The van der Waals surface area contributed by atoms with Gasteiger partial charge in [-0.1, -0.05) is 37.3 Å². The number of aromatic nitrogens is 1. The molecule has 0 unspecified atom stereocenters. The van der Waals surface area contributed by atoms with Crippen molar-refractivity contribution >= 4 is 21.7 Å². The first kappa shape index (κ1) is 16.1. The van der Waals surface area contributed by atoms with E-state index in [4.69, 9.17) is 4.98 Å². The molecule has 2 N–H and O–H groups in total. The molecule has 0 spiro atoms. The fourth-order valence-electron chi connectivity index (χ4n) is 4.43. The lowest BCUT2D eigenvalue weighted by Crippen LogP contribution is -2.14. The van der Waals surface area contributed by atoms with Crippen molar-refractivity contribution in [2.24, 2.45) is 5.92 Å². The minimum absolute atomic E-state index is 0.0604. The summed E-state index contributed by atoms with van der Waals surface area (Å²) in [5, 5.41) is 23.9. The molecular formula is C24H21NO2. The van der Waals surface area contributed by atoms with Crippen LogP contribution in [0.1, 0.15) is 24.5 Å². The van der Waals surface area contributed by atoms with Gasteiger partial charge in [-0.05, 0) is 65.3 Å². The Morgan fingerprint density at radius 1 is 0.963 bits per heavy atom. The normalized spacial score (nSPS) is 16.6. The van der Waals surface area contributed by atoms with Gasteiger partial charge in [0.2, 0.25) is 0 Å². The zero-order chi connectivity index (χ0) is 18.5. The molecule has 1 aliphatic carbocycles. The summed E-state index contributed by atoms with van der Waals surface area (Å²) in [6.45, 7) is 2.27. The summed E-state index contributed by atoms with van der Waals surface area (Å²) < 4.78 is 0. The molecule has 1 aromatic heterocycles. The van der Waals surface area contributed by atoms with Crippen molar-refractivity contribution in [3.05, 3.63) is 65.7 Å². The number of phenols is 2. The predicted octanol–water partition coefficient (Wildman–Crippen LogP) is 5.59. The minimum Gasteiger partial charge on any atom is -0.508 e. The largest absolute Gasteiger partial charge is 0.508 e. The van der Waals surface area contributed by atoms with Crippen LogP contribution in [0.2, 0.25) is 0 Å². The Kier molecular flexibility index (Phi) is 3.57. The van der Waals surface area contributed by atoms with E-state index < -0.39 is 0 Å². The SMILES string of the molecule is C[C@H]1CCc2c(c(-c3ccc(O)cc3O)nc3ccc4ccccc4c23)C1. The Bertz CT molecular complexity index is 1200. The number of fused-ring (bicyclic) bond motifs is 5. The van der Waals surface area contributed by atoms with Crippen molar-refractivity contribution in [1.29, 1.82) is 0 Å². The Hall–Kier alpha value is -3.07. The fraction of sp³-hybridized carbons (Fsp3) is 0.208. The van der Waals surface area contributed by atoms with Gasteiger partial charge in [-0.3, -0.25) is 0 Å². The molecule has 134 valence electrons. The lowest BCUT2D eigenvalue weighted by molar-refractivity contribution is 0.451. The molecule has 1 heterocycles. The molecule has 0 saturated carbocycles. The van der Waals surface area contributed by atoms with E-state index in [0.717, 1.165) is 30.5 Å². The predicted molar refractivity (Wildman–Crippen MR) is 109 cm³/mol. The highest BCUT2D eigenvalue weighted by Crippen LogP contribution is 2.42. The number of pyridine rings is 1. The minimum atomic E-state index is 0.0604. The highest BCUT2D eigenvalue weighted by molar-refractivity contribution is 6.09. The van der Waals surface area contributed by atoms with E-state index in [1.165, 1.54) is 33.4 Å². The molecule has 0 fully saturated rings. The van der Waals surface area contributed by atoms with Crippen molar-refractivity contribution in [3.8, 4) is 22.8 Å². The monoisotopic (exact) mass is 355 g/mol. The average molecular weight is 355 g/mol. The maximum absolute atomic E-state index is 10.5. The third-order valence-corrected chi connectivity index (χ3v) is 5.77. The quantitative estimate of drug-likeness (QED) is 0.438. The molecule has 3 aromatic carbocycles. The highest BCUT2D eigenvalue weighted by Gasteiger charge is 2.24. The topological polar surface area (TPSA) is 53.4 Å². The van der Waals surface area contributed by atoms with E-state index in [1.807, 2.05) is 0 Å². The van der Waals surface area contributed by atoms with Gasteiger partial charge in [0.1, 0.15) is 11.5 Å². The summed E-state index contributed by atoms with van der Waals surface area (Å²) in [6, 6.07) is 17.4. The maximum atomic E-state index is 10.5. The molecule has 5 rings (SSSR count). The number of hydrogen-bond acceptors (Lipinski definition) is 3. The van der Waals surface area contributed by atoms with Gasteiger partial charge in [0, 0.05) is 17.0 Å². The van der Waals surface area contributed by atoms with E-state index >= 15 is 0 Å². The van der Waals surface area contributed by atoms with Crippen LogP contribution in [0.25, 0.3) is 32.9 Å². The van der Waals surface area contributed by atoms with Gasteiger partial charge in [0.25, 0.3) is 0 Å². The molecule has 0 radical (unpaired) electrons. The van der Waals surface area contributed by atoms with Crippen molar-refractivity contribution < 1.29 is 10.2 Å². The summed E-state index contributed by atoms with van der Waals surface area (Å²) in [4.78, 5) is 4.99. The number of aryl methyl sites for hydroxylation is 1. The zero-order valence-corrected chi connectivity index (χ0v) is 15.2. The van der Waals surface area contributed by atoms with Gasteiger partial charge >= 0.3 is 0 Å². The second-order valence-corrected chi connectivity index (χ2v) is 7.65. The first-order valence-electron chi connectivity index (χ1n) is 9.47. The fourth-order valence-corrected chi connectivity index (χ4v) is 4.43. The van der Waals surface area contributed by atoms with Gasteiger partial charge in [-0.2, -0.15) is 0 Å². The molecule has 3 nitrogen and oxygen atoms in total. The molecule has 27 heavy (non-hydrogen) atoms. The van der Waals surface area contributed by atoms with Gasteiger partial charge < -0.3 is 10.2 Å². The van der Waals surface area contributed by atoms with Gasteiger partial charge in [0.15, 0.2) is 0 Å². The van der Waals surface area contributed by atoms with Crippen LogP contribution < -0.4 is 0 Å². The molecule has 1 aliphatic rings. The smallest absolute Gasteiger partial charge is 0.128 e. The first-order chi connectivity index (χ1) is 13.1. The highest BCUT2D eigenvalue weighted by atomic mass is 16.3. The summed E-state index contributed by atoms with van der Waals surface area (Å²) in [6.07, 6.45) is 3.14. The summed E-state index contributed by atoms with van der Waals surface area (Å²) in [5.41, 5.74) is 5.09. The standard InChI is InChI=1S/C24H21NO2/c1-14-6-9-18-20(12-14)24(19-10-8-16(26)13-22(19)27)25-21-11-7-15-4-2-3-5-17(15)23(18)21/h2-5,7-8,10-11,13-14,26-27H,6,9,12H2,1H3/t14-/m0/s1. The molecular weight excluding hydrogens is 334 g/mol. The number of aromatic hydroxyl groups is 2. The third-order valence-electron chi connectivity index (χ3n) is 5.77. The van der Waals surface area contributed by atoms with Crippen LogP contribution in [0.4, 0.5) is 0 Å². The van der Waals surface area contributed by atoms with Gasteiger partial charge in [-0.15, -0.1) is 0 Å². The van der Waals surface area contributed by atoms with Crippen LogP contribution in [0.15, 0.2) is 54.6 Å². The van der Waals surface area contributed by atoms with Crippen LogP contribution in [0, 0.1) is 5.92 Å². The second-order valence-electron chi connectivity index (χ2n) is 7.65. The van der Waals surface area contributed by atoms with Crippen LogP contribution in [0.3, 0.4) is 0 Å². The average Bonchev–Trinajstić information content (AvgIpc) is 2.67. The summed E-state index contributed by atoms with van der Waals surface area (Å²) in [7, 11) is 0. The second kappa shape index (κ2) is 5.98. The lowest BCUT2D eigenvalue weighted by Gasteiger charge is -2.26. The number of hydrogen-bond donors (Lipinski definition) is 2. The van der Waals surface area contributed by atoms with E-state index in [-0.39, 0.29) is 11.5 Å². The number of rotatable bonds is 1. The molecule has 0 bridgehead atoms. The van der Waals surface area contributed by atoms with E-state index in [1.54, 1.807) is 12.1 Å². The Morgan fingerprint density at radius 3 is 2.67 bits per heavy atom.